The van der Waals surface area contributed by atoms with Crippen molar-refractivity contribution in [3.63, 3.8) is 0 Å². The van der Waals surface area contributed by atoms with E-state index < -0.39 is 82.9 Å². The first-order chi connectivity index (χ1) is 15.5. The van der Waals surface area contributed by atoms with E-state index in [2.05, 4.69) is 23.1 Å². The Balaban J connectivity index is 1.77. The number of phosphoric acid groups is 3. The van der Waals surface area contributed by atoms with Crippen LogP contribution in [0.5, 0.6) is 0 Å². The summed E-state index contributed by atoms with van der Waals surface area (Å²) >= 11 is 0. The minimum Gasteiger partial charge on any atom is -0.387 e. The van der Waals surface area contributed by atoms with Gasteiger partial charge in [-0.25, -0.2) is 13.7 Å². The van der Waals surface area contributed by atoms with Crippen molar-refractivity contribution in [2.24, 2.45) is 0 Å². The van der Waals surface area contributed by atoms with Crippen LogP contribution >= 0.6 is 23.5 Å². The molecule has 18 nitrogen and oxygen atoms in total. The van der Waals surface area contributed by atoms with Gasteiger partial charge in [-0.3, -0.25) is 23.5 Å². The second kappa shape index (κ2) is 9.40. The van der Waals surface area contributed by atoms with Crippen molar-refractivity contribution in [2.45, 2.75) is 24.4 Å². The molecule has 0 radical (unpaired) electrons. The predicted molar refractivity (Wildman–Crippen MR) is 101 cm³/mol. The van der Waals surface area contributed by atoms with E-state index in [9.17, 15) is 42.8 Å². The molecule has 2 aromatic heterocycles. The Morgan fingerprint density at radius 2 is 1.74 bits per heavy atom. The highest BCUT2D eigenvalue weighted by atomic mass is 31.3. The van der Waals surface area contributed by atoms with Crippen molar-refractivity contribution < 1.29 is 65.8 Å². The Bertz CT molecular complexity index is 1360. The van der Waals surface area contributed by atoms with Crippen molar-refractivity contribution in [2.75, 3.05) is 6.61 Å². The Morgan fingerprint density at radius 3 is 2.35 bits per heavy atom. The molecule has 3 unspecified atom stereocenters. The molecule has 0 amide bonds. The zero-order valence-corrected chi connectivity index (χ0v) is 18.8. The third-order valence-corrected chi connectivity index (χ3v) is 7.96. The fourth-order valence-electron chi connectivity index (χ4n) is 2.85. The van der Waals surface area contributed by atoms with Crippen LogP contribution in [-0.4, -0.2) is 69.1 Å². The maximum atomic E-state index is 14.0. The Kier molecular flexibility index (Phi) is 7.44. The van der Waals surface area contributed by atoms with Gasteiger partial charge in [-0.05, 0) is 0 Å². The van der Waals surface area contributed by atoms with Crippen LogP contribution in [0, 0.1) is 5.95 Å². The third-order valence-electron chi connectivity index (χ3n) is 4.15. The van der Waals surface area contributed by atoms with Gasteiger partial charge in [0.05, 0.1) is 18.2 Å². The highest BCUT2D eigenvalue weighted by Crippen LogP contribution is 2.66. The minimum atomic E-state index is -5.79. The van der Waals surface area contributed by atoms with Gasteiger partial charge in [0.15, 0.2) is 0 Å². The van der Waals surface area contributed by atoms with E-state index in [0.29, 0.717) is 10.5 Å². The lowest BCUT2D eigenvalue weighted by Crippen LogP contribution is -2.33. The fourth-order valence-corrected chi connectivity index (χ4v) is 5.88. The van der Waals surface area contributed by atoms with E-state index >= 15 is 0 Å². The summed E-state index contributed by atoms with van der Waals surface area (Å²) in [4.78, 5) is 64.7. The summed E-state index contributed by atoms with van der Waals surface area (Å²) in [6.45, 7) is -1.12. The first kappa shape index (κ1) is 26.9. The van der Waals surface area contributed by atoms with Crippen LogP contribution in [0.15, 0.2) is 21.9 Å². The highest BCUT2D eigenvalue weighted by molar-refractivity contribution is 7.66. The summed E-state index contributed by atoms with van der Waals surface area (Å²) in [6.07, 6.45) is -6.30. The van der Waals surface area contributed by atoms with Crippen molar-refractivity contribution in [3.8, 4) is 0 Å². The lowest BCUT2D eigenvalue weighted by Gasteiger charge is -2.19. The van der Waals surface area contributed by atoms with Crippen molar-refractivity contribution >= 4 is 29.2 Å². The predicted octanol–water partition coefficient (Wildman–Crippen LogP) is -1.97. The summed E-state index contributed by atoms with van der Waals surface area (Å²) in [5, 5.41) is 20.3. The molecule has 3 heterocycles. The van der Waals surface area contributed by atoms with Gasteiger partial charge in [-0.2, -0.15) is 18.0 Å². The second-order valence-corrected chi connectivity index (χ2v) is 11.0. The standard InChI is InChI=1S/C12H15FN3O15P3/c13-6-1-7(17)14-12-15-11(20)4(2-16(6)12)10-9(19)8(18)5(29-10)3-28-33(24,25)31-34(26,27)30-32(21,22)23/h1-2,5,8-10,18-19H,3H2,(H,24,25)(H,26,27)(H2,21,22,23)(H,14,15,17,20)/t5-,8?,9+,10+/m1/s1. The minimum absolute atomic E-state index is 0.476. The Morgan fingerprint density at radius 1 is 1.09 bits per heavy atom. The number of halogens is 1. The van der Waals surface area contributed by atoms with Gasteiger partial charge in [-0.15, -0.1) is 0 Å². The van der Waals surface area contributed by atoms with E-state index in [-0.39, 0.29) is 0 Å². The normalized spacial score (nSPS) is 26.9. The zero-order chi connectivity index (χ0) is 25.6. The van der Waals surface area contributed by atoms with Crippen LogP contribution < -0.4 is 11.1 Å². The molecule has 0 aliphatic carbocycles. The van der Waals surface area contributed by atoms with Gasteiger partial charge in [-0.1, -0.05) is 0 Å². The van der Waals surface area contributed by atoms with Crippen LogP contribution in [0.4, 0.5) is 4.39 Å². The molecule has 3 rings (SSSR count). The quantitative estimate of drug-likeness (QED) is 0.138. The summed E-state index contributed by atoms with van der Waals surface area (Å²) < 4.78 is 65.0. The van der Waals surface area contributed by atoms with Crippen molar-refractivity contribution in [3.05, 3.63) is 44.5 Å². The van der Waals surface area contributed by atoms with E-state index in [4.69, 9.17) is 19.4 Å². The van der Waals surface area contributed by atoms with Crippen LogP contribution in [-0.2, 0) is 31.6 Å². The Labute approximate surface area is 185 Å². The van der Waals surface area contributed by atoms with Gasteiger partial charge in [0.1, 0.15) is 24.4 Å². The van der Waals surface area contributed by atoms with Crippen LogP contribution in [0.1, 0.15) is 11.7 Å². The molecule has 0 spiro atoms. The van der Waals surface area contributed by atoms with E-state index in [1.807, 2.05) is 0 Å². The number of nitrogens with zero attached hydrogens (tertiary/aromatic N) is 2. The lowest BCUT2D eigenvalue weighted by atomic mass is 10.0. The summed E-state index contributed by atoms with van der Waals surface area (Å²) in [5.74, 6) is -1.61. The number of aliphatic hydroxyl groups is 2. The number of hydrogen-bond acceptors (Lipinski definition) is 12. The van der Waals surface area contributed by atoms with E-state index in [1.165, 1.54) is 0 Å². The fraction of sp³-hybridized carbons (Fsp3) is 0.417. The molecule has 2 aromatic rings. The molecular weight excluding hydrogens is 538 g/mol. The Hall–Kier alpha value is -1.69. The van der Waals surface area contributed by atoms with Gasteiger partial charge < -0.3 is 34.5 Å². The molecule has 22 heteroatoms. The summed E-state index contributed by atoms with van der Waals surface area (Å²) in [7, 11) is -17.0. The molecule has 34 heavy (non-hydrogen) atoms. The number of ether oxygens (including phenoxy) is 1. The van der Waals surface area contributed by atoms with Gasteiger partial charge in [0, 0.05) is 6.20 Å². The van der Waals surface area contributed by atoms with Crippen LogP contribution in [0.3, 0.4) is 0 Å². The molecular formula is C12H15FN3O15P3. The molecule has 7 N–H and O–H groups in total. The molecule has 0 aromatic carbocycles. The second-order valence-electron chi connectivity index (χ2n) is 6.61. The molecule has 1 aliphatic rings. The SMILES string of the molecule is O=c1cc(F)n2cc([C@@H]3O[C@H](COP(=O)(O)OP(=O)(O)OP(=O)(O)O)C(O)[C@@H]3O)c(=O)nc2[nH]1. The number of hydrogen-bond donors (Lipinski definition) is 7. The molecule has 0 saturated carbocycles. The summed E-state index contributed by atoms with van der Waals surface area (Å²) in [5.41, 5.74) is -2.47. The topological polar surface area (TPSA) is 277 Å². The van der Waals surface area contributed by atoms with Crippen molar-refractivity contribution in [1.82, 2.24) is 14.4 Å². The van der Waals surface area contributed by atoms with Crippen LogP contribution in [0.25, 0.3) is 5.78 Å². The monoisotopic (exact) mass is 553 g/mol. The molecule has 1 fully saturated rings. The smallest absolute Gasteiger partial charge is 0.387 e. The number of rotatable bonds is 8. The molecule has 1 aliphatic heterocycles. The maximum absolute atomic E-state index is 14.0. The summed E-state index contributed by atoms with van der Waals surface area (Å²) in [6, 6.07) is 0.537. The molecule has 190 valence electrons. The molecule has 1 saturated heterocycles. The first-order valence-corrected chi connectivity index (χ1v) is 13.1. The number of aromatic nitrogens is 3. The number of aliphatic hydroxyl groups excluding tert-OH is 2. The van der Waals surface area contributed by atoms with E-state index in [1.54, 1.807) is 0 Å². The van der Waals surface area contributed by atoms with Gasteiger partial charge >= 0.3 is 23.5 Å². The number of fused-ring (bicyclic) bond motifs is 1. The van der Waals surface area contributed by atoms with E-state index in [0.717, 1.165) is 6.20 Å². The molecule has 6 atom stereocenters. The third kappa shape index (κ3) is 6.30. The zero-order valence-electron chi connectivity index (χ0n) is 16.1. The van der Waals surface area contributed by atoms with Crippen molar-refractivity contribution in [1.29, 1.82) is 0 Å². The average molecular weight is 553 g/mol. The number of phosphoric ester groups is 1. The lowest BCUT2D eigenvalue weighted by molar-refractivity contribution is -0.0227. The largest absolute Gasteiger partial charge is 0.490 e. The number of nitrogens with one attached hydrogen (secondary N) is 1. The van der Waals surface area contributed by atoms with Crippen LogP contribution in [0.2, 0.25) is 0 Å². The number of aromatic amines is 1. The van der Waals surface area contributed by atoms with Gasteiger partial charge in [0.25, 0.3) is 11.1 Å². The maximum Gasteiger partial charge on any atom is 0.490 e. The first-order valence-electron chi connectivity index (χ1n) is 8.60. The highest BCUT2D eigenvalue weighted by Gasteiger charge is 2.47. The number of H-pyrrole nitrogens is 1. The van der Waals surface area contributed by atoms with Gasteiger partial charge in [0.2, 0.25) is 11.7 Å². The average Bonchev–Trinajstić information content (AvgIpc) is 2.91. The molecule has 0 bridgehead atoms.